The maximum atomic E-state index is 11.0. The van der Waals surface area contributed by atoms with Crippen LogP contribution in [0.2, 0.25) is 0 Å². The fraction of sp³-hybridized carbons (Fsp3) is 0.857. The van der Waals surface area contributed by atoms with E-state index in [1.54, 1.807) is 0 Å². The number of carbonyl (C=O) groups excluding carboxylic acids is 1. The average Bonchev–Trinajstić information content (AvgIpc) is 2.00. The molecule has 0 saturated heterocycles. The molecule has 1 N–H and O–H groups in total. The summed E-state index contributed by atoms with van der Waals surface area (Å²) in [7, 11) is 1.92. The van der Waals surface area contributed by atoms with Crippen LogP contribution in [0.15, 0.2) is 0 Å². The minimum atomic E-state index is 0.0726. The van der Waals surface area contributed by atoms with Crippen LogP contribution in [0.3, 0.4) is 0 Å². The van der Waals surface area contributed by atoms with E-state index in [9.17, 15) is 4.79 Å². The lowest BCUT2D eigenvalue weighted by atomic mass is 10.5. The lowest BCUT2D eigenvalue weighted by Crippen LogP contribution is -2.35. The Hall–Kier alpha value is -0.220. The molecule has 0 aromatic heterocycles. The molecule has 4 heteroatoms. The summed E-state index contributed by atoms with van der Waals surface area (Å²) in [5.74, 6) is 0.769. The molecule has 0 aliphatic rings. The first-order valence-electron chi connectivity index (χ1n) is 3.76. The molecule has 3 nitrogen and oxygen atoms in total. The van der Waals surface area contributed by atoms with E-state index in [4.69, 9.17) is 0 Å². The van der Waals surface area contributed by atoms with Gasteiger partial charge in [-0.3, -0.25) is 9.69 Å². The zero-order valence-electron chi connectivity index (χ0n) is 7.13. The summed E-state index contributed by atoms with van der Waals surface area (Å²) in [4.78, 5) is 12.9. The third-order valence-electron chi connectivity index (χ3n) is 1.39. The van der Waals surface area contributed by atoms with E-state index < -0.39 is 0 Å². The Kier molecular flexibility index (Phi) is 6.36. The number of thiol groups is 1. The minimum absolute atomic E-state index is 0.0726. The Morgan fingerprint density at radius 2 is 2.27 bits per heavy atom. The highest BCUT2D eigenvalue weighted by Gasteiger charge is 2.01. The molecule has 0 aromatic rings. The fourth-order valence-electron chi connectivity index (χ4n) is 0.608. The summed E-state index contributed by atoms with van der Waals surface area (Å²) >= 11 is 3.98. The molecule has 0 fully saturated rings. The Bertz CT molecular complexity index is 119. The smallest absolute Gasteiger partial charge is 0.234 e. The van der Waals surface area contributed by atoms with Crippen LogP contribution in [0, 0.1) is 0 Å². The molecule has 1 amide bonds. The molecule has 0 aliphatic heterocycles. The fourth-order valence-corrected chi connectivity index (χ4v) is 0.720. The van der Waals surface area contributed by atoms with Crippen molar-refractivity contribution in [1.29, 1.82) is 0 Å². The Morgan fingerprint density at radius 1 is 1.64 bits per heavy atom. The topological polar surface area (TPSA) is 32.3 Å². The van der Waals surface area contributed by atoms with Crippen molar-refractivity contribution in [2.24, 2.45) is 0 Å². The van der Waals surface area contributed by atoms with E-state index in [0.717, 1.165) is 6.54 Å². The number of hydrogen-bond donors (Lipinski definition) is 2. The first-order chi connectivity index (χ1) is 5.20. The van der Waals surface area contributed by atoms with Crippen LogP contribution in [-0.4, -0.2) is 43.2 Å². The van der Waals surface area contributed by atoms with Gasteiger partial charge >= 0.3 is 0 Å². The second-order valence-corrected chi connectivity index (χ2v) is 2.85. The minimum Gasteiger partial charge on any atom is -0.354 e. The van der Waals surface area contributed by atoms with Crippen LogP contribution < -0.4 is 5.32 Å². The number of carbonyl (C=O) groups is 1. The molecule has 0 spiro atoms. The van der Waals surface area contributed by atoms with E-state index >= 15 is 0 Å². The van der Waals surface area contributed by atoms with Crippen LogP contribution in [0.5, 0.6) is 0 Å². The monoisotopic (exact) mass is 176 g/mol. The molecular formula is C7H16N2OS. The Morgan fingerprint density at radius 3 is 2.73 bits per heavy atom. The van der Waals surface area contributed by atoms with Crippen LogP contribution in [0.4, 0.5) is 0 Å². The summed E-state index contributed by atoms with van der Waals surface area (Å²) in [5.41, 5.74) is 0. The number of rotatable bonds is 5. The highest BCUT2D eigenvalue weighted by Crippen LogP contribution is 1.79. The molecule has 11 heavy (non-hydrogen) atoms. The van der Waals surface area contributed by atoms with E-state index in [-0.39, 0.29) is 5.91 Å². The molecule has 0 atom stereocenters. The number of nitrogens with one attached hydrogen (secondary N) is 1. The molecule has 0 aromatic carbocycles. The normalized spacial score (nSPS) is 10.2. The molecular weight excluding hydrogens is 160 g/mol. The summed E-state index contributed by atoms with van der Waals surface area (Å²) in [6.45, 7) is 4.05. The van der Waals surface area contributed by atoms with Gasteiger partial charge in [-0.1, -0.05) is 6.92 Å². The number of hydrogen-bond acceptors (Lipinski definition) is 3. The van der Waals surface area contributed by atoms with Gasteiger partial charge in [-0.25, -0.2) is 0 Å². The van der Waals surface area contributed by atoms with Crippen molar-refractivity contribution in [3.63, 3.8) is 0 Å². The second kappa shape index (κ2) is 6.49. The summed E-state index contributed by atoms with van der Waals surface area (Å²) < 4.78 is 0. The molecule has 0 aliphatic carbocycles. The van der Waals surface area contributed by atoms with Crippen molar-refractivity contribution in [3.8, 4) is 0 Å². The molecule has 0 saturated carbocycles. The van der Waals surface area contributed by atoms with Gasteiger partial charge < -0.3 is 5.32 Å². The number of nitrogens with zero attached hydrogens (tertiary/aromatic N) is 1. The van der Waals surface area contributed by atoms with E-state index in [1.807, 2.05) is 18.9 Å². The van der Waals surface area contributed by atoms with Crippen molar-refractivity contribution in [3.05, 3.63) is 0 Å². The van der Waals surface area contributed by atoms with Gasteiger partial charge in [0, 0.05) is 12.3 Å². The zero-order valence-corrected chi connectivity index (χ0v) is 8.03. The average molecular weight is 176 g/mol. The lowest BCUT2D eigenvalue weighted by molar-refractivity contribution is -0.121. The van der Waals surface area contributed by atoms with Gasteiger partial charge in [-0.05, 0) is 13.6 Å². The molecule has 0 bridgehead atoms. The second-order valence-electron chi connectivity index (χ2n) is 2.40. The maximum absolute atomic E-state index is 11.0. The van der Waals surface area contributed by atoms with Crippen molar-refractivity contribution in [2.75, 3.05) is 32.4 Å². The number of likely N-dealkylation sites (N-methyl/N-ethyl adjacent to an activating group) is 1. The van der Waals surface area contributed by atoms with E-state index in [2.05, 4.69) is 17.9 Å². The predicted molar refractivity (Wildman–Crippen MR) is 50.0 cm³/mol. The summed E-state index contributed by atoms with van der Waals surface area (Å²) in [5, 5.41) is 2.74. The highest BCUT2D eigenvalue weighted by atomic mass is 32.1. The standard InChI is InChI=1S/C7H16N2OS/c1-3-9(2)6-7(10)8-4-5-11/h11H,3-6H2,1-2H3,(H,8,10). The third kappa shape index (κ3) is 6.19. The van der Waals surface area contributed by atoms with Crippen LogP contribution in [0.25, 0.3) is 0 Å². The lowest BCUT2D eigenvalue weighted by Gasteiger charge is -2.12. The quantitative estimate of drug-likeness (QED) is 0.577. The van der Waals surface area contributed by atoms with E-state index in [0.29, 0.717) is 18.8 Å². The Balaban J connectivity index is 3.36. The molecule has 0 rings (SSSR count). The molecule has 0 heterocycles. The highest BCUT2D eigenvalue weighted by molar-refractivity contribution is 7.80. The van der Waals surface area contributed by atoms with Crippen molar-refractivity contribution >= 4 is 18.5 Å². The molecule has 66 valence electrons. The zero-order chi connectivity index (χ0) is 8.69. The SMILES string of the molecule is CCN(C)CC(=O)NCCS. The van der Waals surface area contributed by atoms with Gasteiger partial charge in [-0.2, -0.15) is 12.6 Å². The van der Waals surface area contributed by atoms with Gasteiger partial charge in [0.1, 0.15) is 0 Å². The first-order valence-corrected chi connectivity index (χ1v) is 4.40. The molecule has 0 radical (unpaired) electrons. The van der Waals surface area contributed by atoms with Crippen LogP contribution in [-0.2, 0) is 4.79 Å². The largest absolute Gasteiger partial charge is 0.354 e. The summed E-state index contributed by atoms with van der Waals surface area (Å²) in [6, 6.07) is 0. The molecule has 0 unspecified atom stereocenters. The van der Waals surface area contributed by atoms with Gasteiger partial charge in [-0.15, -0.1) is 0 Å². The van der Waals surface area contributed by atoms with Crippen molar-refractivity contribution in [2.45, 2.75) is 6.92 Å². The van der Waals surface area contributed by atoms with Crippen LogP contribution in [0.1, 0.15) is 6.92 Å². The van der Waals surface area contributed by atoms with Gasteiger partial charge in [0.25, 0.3) is 0 Å². The van der Waals surface area contributed by atoms with Crippen LogP contribution >= 0.6 is 12.6 Å². The Labute approximate surface area is 73.6 Å². The van der Waals surface area contributed by atoms with E-state index in [1.165, 1.54) is 0 Å². The maximum Gasteiger partial charge on any atom is 0.234 e. The van der Waals surface area contributed by atoms with Crippen molar-refractivity contribution in [1.82, 2.24) is 10.2 Å². The number of amides is 1. The summed E-state index contributed by atoms with van der Waals surface area (Å²) in [6.07, 6.45) is 0. The van der Waals surface area contributed by atoms with Crippen molar-refractivity contribution < 1.29 is 4.79 Å². The van der Waals surface area contributed by atoms with Gasteiger partial charge in [0.15, 0.2) is 0 Å². The third-order valence-corrected chi connectivity index (χ3v) is 1.61. The van der Waals surface area contributed by atoms with Gasteiger partial charge in [0.2, 0.25) is 5.91 Å². The predicted octanol–water partition coefficient (Wildman–Crippen LogP) is -0.0159. The first kappa shape index (κ1) is 10.8. The van der Waals surface area contributed by atoms with Gasteiger partial charge in [0.05, 0.1) is 6.54 Å².